The minimum atomic E-state index is -0.257. The van der Waals surface area contributed by atoms with Crippen molar-refractivity contribution in [2.75, 3.05) is 39.7 Å². The van der Waals surface area contributed by atoms with Crippen molar-refractivity contribution in [2.45, 2.75) is 19.3 Å². The molecule has 0 radical (unpaired) electrons. The van der Waals surface area contributed by atoms with Gasteiger partial charge >= 0.3 is 0 Å². The Labute approximate surface area is 147 Å². The van der Waals surface area contributed by atoms with Crippen LogP contribution in [0.5, 0.6) is 17.2 Å². The number of methoxy groups -OCH3 is 3. The van der Waals surface area contributed by atoms with Gasteiger partial charge < -0.3 is 24.4 Å². The molecule has 2 unspecified atom stereocenters. The highest BCUT2D eigenvalue weighted by molar-refractivity contribution is 6.00. The largest absolute Gasteiger partial charge is 0.493 e. The SMILES string of the molecule is COc1cc(NC(=O)C2CC2C(=O)N2CCCC2)cc(OC)c1OC. The molecule has 3 rings (SSSR count). The normalized spacial score (nSPS) is 21.6. The van der Waals surface area contributed by atoms with Gasteiger partial charge in [-0.15, -0.1) is 0 Å². The number of carbonyl (C=O) groups excluding carboxylic acids is 2. The van der Waals surface area contributed by atoms with Gasteiger partial charge in [0, 0.05) is 30.9 Å². The second kappa shape index (κ2) is 7.21. The summed E-state index contributed by atoms with van der Waals surface area (Å²) in [5.41, 5.74) is 0.554. The molecule has 136 valence electrons. The molecule has 25 heavy (non-hydrogen) atoms. The number of amides is 2. The van der Waals surface area contributed by atoms with Gasteiger partial charge in [-0.2, -0.15) is 0 Å². The van der Waals surface area contributed by atoms with Crippen molar-refractivity contribution in [3.8, 4) is 17.2 Å². The van der Waals surface area contributed by atoms with E-state index < -0.39 is 0 Å². The Morgan fingerprint density at radius 1 is 1.00 bits per heavy atom. The fourth-order valence-electron chi connectivity index (χ4n) is 3.32. The maximum absolute atomic E-state index is 12.5. The molecule has 0 aromatic heterocycles. The predicted molar refractivity (Wildman–Crippen MR) is 92.1 cm³/mol. The molecule has 2 aliphatic rings. The Bertz CT molecular complexity index is 644. The highest BCUT2D eigenvalue weighted by Crippen LogP contribution is 2.43. The van der Waals surface area contributed by atoms with Crippen LogP contribution in [0.3, 0.4) is 0 Å². The summed E-state index contributed by atoms with van der Waals surface area (Å²) in [5, 5.41) is 2.85. The highest BCUT2D eigenvalue weighted by atomic mass is 16.5. The molecule has 0 spiro atoms. The van der Waals surface area contributed by atoms with Crippen LogP contribution < -0.4 is 19.5 Å². The van der Waals surface area contributed by atoms with Gasteiger partial charge in [-0.1, -0.05) is 0 Å². The van der Waals surface area contributed by atoms with Crippen LogP contribution in [0.25, 0.3) is 0 Å². The summed E-state index contributed by atoms with van der Waals surface area (Å²) in [5.74, 6) is 0.938. The lowest BCUT2D eigenvalue weighted by atomic mass is 10.2. The number of benzene rings is 1. The van der Waals surface area contributed by atoms with Gasteiger partial charge in [-0.3, -0.25) is 9.59 Å². The number of hydrogen-bond acceptors (Lipinski definition) is 5. The molecule has 1 aromatic rings. The third-order valence-electron chi connectivity index (χ3n) is 4.79. The number of nitrogens with zero attached hydrogens (tertiary/aromatic N) is 1. The maximum atomic E-state index is 12.5. The Balaban J connectivity index is 1.66. The molecule has 7 heteroatoms. The zero-order chi connectivity index (χ0) is 18.0. The monoisotopic (exact) mass is 348 g/mol. The van der Waals surface area contributed by atoms with Crippen LogP contribution in [0.1, 0.15) is 19.3 Å². The van der Waals surface area contributed by atoms with Crippen LogP contribution in [-0.4, -0.2) is 51.1 Å². The Kier molecular flexibility index (Phi) is 5.01. The first-order chi connectivity index (χ1) is 12.1. The van der Waals surface area contributed by atoms with Crippen molar-refractivity contribution < 1.29 is 23.8 Å². The number of rotatable bonds is 6. The van der Waals surface area contributed by atoms with E-state index in [9.17, 15) is 9.59 Å². The molecule has 1 aliphatic carbocycles. The third-order valence-corrected chi connectivity index (χ3v) is 4.79. The van der Waals surface area contributed by atoms with E-state index in [4.69, 9.17) is 14.2 Å². The van der Waals surface area contributed by atoms with Crippen molar-refractivity contribution in [3.05, 3.63) is 12.1 Å². The highest BCUT2D eigenvalue weighted by Gasteiger charge is 2.49. The minimum absolute atomic E-state index is 0.113. The molecule has 1 N–H and O–H groups in total. The van der Waals surface area contributed by atoms with E-state index in [-0.39, 0.29) is 23.7 Å². The molecule has 1 saturated heterocycles. The molecular weight excluding hydrogens is 324 g/mol. The first-order valence-corrected chi connectivity index (χ1v) is 8.48. The molecule has 2 amide bonds. The molecule has 7 nitrogen and oxygen atoms in total. The molecule has 1 saturated carbocycles. The summed E-state index contributed by atoms with van der Waals surface area (Å²) in [7, 11) is 4.57. The third kappa shape index (κ3) is 3.50. The van der Waals surface area contributed by atoms with Crippen LogP contribution in [-0.2, 0) is 9.59 Å². The van der Waals surface area contributed by atoms with Crippen molar-refractivity contribution in [3.63, 3.8) is 0 Å². The summed E-state index contributed by atoms with van der Waals surface area (Å²) >= 11 is 0. The van der Waals surface area contributed by atoms with E-state index in [1.807, 2.05) is 4.90 Å². The zero-order valence-corrected chi connectivity index (χ0v) is 14.8. The first kappa shape index (κ1) is 17.4. The van der Waals surface area contributed by atoms with Crippen LogP contribution >= 0.6 is 0 Å². The van der Waals surface area contributed by atoms with Gasteiger partial charge in [0.25, 0.3) is 0 Å². The standard InChI is InChI=1S/C18H24N2O5/c1-23-14-8-11(9-15(24-2)16(14)25-3)19-17(21)12-10-13(12)18(22)20-6-4-5-7-20/h8-9,12-13H,4-7,10H2,1-3H3,(H,19,21). The summed E-state index contributed by atoms with van der Waals surface area (Å²) in [6.45, 7) is 1.63. The second-order valence-electron chi connectivity index (χ2n) is 6.38. The van der Waals surface area contributed by atoms with Gasteiger partial charge in [-0.05, 0) is 19.3 Å². The van der Waals surface area contributed by atoms with Gasteiger partial charge in [0.15, 0.2) is 11.5 Å². The molecule has 0 bridgehead atoms. The van der Waals surface area contributed by atoms with E-state index in [1.54, 1.807) is 12.1 Å². The zero-order valence-electron chi connectivity index (χ0n) is 14.8. The second-order valence-corrected chi connectivity index (χ2v) is 6.38. The van der Waals surface area contributed by atoms with Gasteiger partial charge in [0.05, 0.1) is 33.2 Å². The van der Waals surface area contributed by atoms with Gasteiger partial charge in [0.1, 0.15) is 0 Å². The number of carbonyl (C=O) groups is 2. The summed E-state index contributed by atoms with van der Waals surface area (Å²) in [6.07, 6.45) is 2.73. The van der Waals surface area contributed by atoms with E-state index in [2.05, 4.69) is 5.32 Å². The molecule has 1 aromatic carbocycles. The van der Waals surface area contributed by atoms with E-state index in [0.29, 0.717) is 29.4 Å². The molecule has 2 atom stereocenters. The van der Waals surface area contributed by atoms with Gasteiger partial charge in [-0.25, -0.2) is 0 Å². The minimum Gasteiger partial charge on any atom is -0.493 e. The number of anilines is 1. The van der Waals surface area contributed by atoms with Crippen LogP contribution in [0.15, 0.2) is 12.1 Å². The number of ether oxygens (including phenoxy) is 3. The van der Waals surface area contributed by atoms with Crippen LogP contribution in [0, 0.1) is 11.8 Å². The molecular formula is C18H24N2O5. The molecule has 1 aliphatic heterocycles. The van der Waals surface area contributed by atoms with Crippen molar-refractivity contribution in [2.24, 2.45) is 11.8 Å². The van der Waals surface area contributed by atoms with Gasteiger partial charge in [0.2, 0.25) is 17.6 Å². The lowest BCUT2D eigenvalue weighted by Gasteiger charge is -2.16. The Morgan fingerprint density at radius 2 is 1.60 bits per heavy atom. The predicted octanol–water partition coefficient (Wildman–Crippen LogP) is 1.91. The van der Waals surface area contributed by atoms with E-state index in [0.717, 1.165) is 25.9 Å². The lowest BCUT2D eigenvalue weighted by molar-refractivity contribution is -0.133. The van der Waals surface area contributed by atoms with Crippen molar-refractivity contribution in [1.82, 2.24) is 4.90 Å². The summed E-state index contributed by atoms with van der Waals surface area (Å²) in [4.78, 5) is 26.7. The number of likely N-dealkylation sites (tertiary alicyclic amines) is 1. The van der Waals surface area contributed by atoms with E-state index >= 15 is 0 Å². The Hall–Kier alpha value is -2.44. The van der Waals surface area contributed by atoms with Crippen molar-refractivity contribution in [1.29, 1.82) is 0 Å². The smallest absolute Gasteiger partial charge is 0.228 e. The average molecular weight is 348 g/mol. The maximum Gasteiger partial charge on any atom is 0.228 e. The average Bonchev–Trinajstić information content (AvgIpc) is 3.25. The quantitative estimate of drug-likeness (QED) is 0.850. The summed E-state index contributed by atoms with van der Waals surface area (Å²) < 4.78 is 15.8. The Morgan fingerprint density at radius 3 is 2.12 bits per heavy atom. The van der Waals surface area contributed by atoms with Crippen molar-refractivity contribution >= 4 is 17.5 Å². The van der Waals surface area contributed by atoms with Crippen LogP contribution in [0.4, 0.5) is 5.69 Å². The lowest BCUT2D eigenvalue weighted by Crippen LogP contribution is -2.30. The van der Waals surface area contributed by atoms with E-state index in [1.165, 1.54) is 21.3 Å². The number of nitrogens with one attached hydrogen (secondary N) is 1. The molecule has 2 fully saturated rings. The first-order valence-electron chi connectivity index (χ1n) is 8.48. The number of hydrogen-bond donors (Lipinski definition) is 1. The van der Waals surface area contributed by atoms with Crippen LogP contribution in [0.2, 0.25) is 0 Å². The fraction of sp³-hybridized carbons (Fsp3) is 0.556. The summed E-state index contributed by atoms with van der Waals surface area (Å²) in [6, 6.07) is 3.36. The fourth-order valence-corrected chi connectivity index (χ4v) is 3.32. The topological polar surface area (TPSA) is 77.1 Å². The molecule has 1 heterocycles.